The van der Waals surface area contributed by atoms with Crippen molar-refractivity contribution in [3.05, 3.63) is 29.3 Å². The number of carbonyl (C=O) groups excluding carboxylic acids is 1. The zero-order valence-corrected chi connectivity index (χ0v) is 10.2. The van der Waals surface area contributed by atoms with E-state index in [9.17, 15) is 13.6 Å². The highest BCUT2D eigenvalue weighted by Gasteiger charge is 2.24. The molecule has 1 aromatic rings. The number of benzene rings is 1. The Hall–Kier alpha value is -1.65. The molecule has 1 saturated carbocycles. The van der Waals surface area contributed by atoms with E-state index in [2.05, 4.69) is 12.2 Å². The Morgan fingerprint density at radius 1 is 1.33 bits per heavy atom. The lowest BCUT2D eigenvalue weighted by Crippen LogP contribution is -2.23. The molecule has 0 aromatic heterocycles. The minimum absolute atomic E-state index is 0.143. The van der Waals surface area contributed by atoms with E-state index in [-0.39, 0.29) is 17.3 Å². The summed E-state index contributed by atoms with van der Waals surface area (Å²) in [4.78, 5) is 11.0. The smallest absolute Gasteiger partial charge is 0.251 e. The van der Waals surface area contributed by atoms with Crippen LogP contribution in [0.3, 0.4) is 0 Å². The summed E-state index contributed by atoms with van der Waals surface area (Å²) >= 11 is 0. The maximum Gasteiger partial charge on any atom is 0.251 e. The number of rotatable bonds is 3. The van der Waals surface area contributed by atoms with Gasteiger partial charge in [0.05, 0.1) is 11.3 Å². The molecule has 3 nitrogen and oxygen atoms in total. The van der Waals surface area contributed by atoms with Crippen LogP contribution in [0.5, 0.6) is 0 Å². The second-order valence-corrected chi connectivity index (χ2v) is 4.84. The first-order chi connectivity index (χ1) is 8.49. The molecular formula is C13H16F2N2O. The number of hydrogen-bond acceptors (Lipinski definition) is 2. The van der Waals surface area contributed by atoms with Crippen LogP contribution in [-0.2, 0) is 0 Å². The number of anilines is 1. The lowest BCUT2D eigenvalue weighted by Gasteiger charge is -2.19. The summed E-state index contributed by atoms with van der Waals surface area (Å²) in [5.74, 6) is -2.08. The van der Waals surface area contributed by atoms with Gasteiger partial charge in [0.25, 0.3) is 5.91 Å². The molecular weight excluding hydrogens is 238 g/mol. The van der Waals surface area contributed by atoms with Crippen molar-refractivity contribution in [3.63, 3.8) is 0 Å². The van der Waals surface area contributed by atoms with E-state index >= 15 is 0 Å². The summed E-state index contributed by atoms with van der Waals surface area (Å²) in [5, 5.41) is 3.03. The van der Waals surface area contributed by atoms with Gasteiger partial charge in [-0.15, -0.1) is 0 Å². The number of carbonyl (C=O) groups is 1. The molecule has 2 atom stereocenters. The SMILES string of the molecule is CC1CCCC1Nc1cc(C(N)=O)c(F)cc1F. The second-order valence-electron chi connectivity index (χ2n) is 4.84. The highest BCUT2D eigenvalue weighted by molar-refractivity contribution is 5.94. The van der Waals surface area contributed by atoms with E-state index < -0.39 is 17.5 Å². The van der Waals surface area contributed by atoms with E-state index in [0.717, 1.165) is 25.3 Å². The predicted molar refractivity (Wildman–Crippen MR) is 65.3 cm³/mol. The largest absolute Gasteiger partial charge is 0.380 e. The summed E-state index contributed by atoms with van der Waals surface area (Å²) in [6, 6.07) is 2.01. The number of amides is 1. The van der Waals surface area contributed by atoms with Crippen molar-refractivity contribution in [2.45, 2.75) is 32.2 Å². The standard InChI is InChI=1S/C13H16F2N2O/c1-7-3-2-4-11(7)17-12-5-8(13(16)18)9(14)6-10(12)15/h5-7,11,17H,2-4H2,1H3,(H2,16,18). The summed E-state index contributed by atoms with van der Waals surface area (Å²) in [7, 11) is 0. The Labute approximate surface area is 104 Å². The molecule has 1 aliphatic carbocycles. The van der Waals surface area contributed by atoms with Crippen molar-refractivity contribution in [1.82, 2.24) is 0 Å². The topological polar surface area (TPSA) is 55.1 Å². The van der Waals surface area contributed by atoms with Gasteiger partial charge >= 0.3 is 0 Å². The Morgan fingerprint density at radius 2 is 2.06 bits per heavy atom. The van der Waals surface area contributed by atoms with E-state index in [1.807, 2.05) is 0 Å². The first-order valence-electron chi connectivity index (χ1n) is 6.04. The molecule has 0 aliphatic heterocycles. The number of nitrogens with two attached hydrogens (primary N) is 1. The van der Waals surface area contributed by atoms with Crippen LogP contribution in [0.1, 0.15) is 36.5 Å². The van der Waals surface area contributed by atoms with Gasteiger partial charge in [-0.25, -0.2) is 8.78 Å². The van der Waals surface area contributed by atoms with Gasteiger partial charge in [-0.1, -0.05) is 13.3 Å². The molecule has 2 unspecified atom stereocenters. The van der Waals surface area contributed by atoms with Crippen molar-refractivity contribution in [3.8, 4) is 0 Å². The summed E-state index contributed by atoms with van der Waals surface area (Å²) in [5.41, 5.74) is 4.89. The molecule has 2 rings (SSSR count). The third-order valence-electron chi connectivity index (χ3n) is 3.52. The number of nitrogens with one attached hydrogen (secondary N) is 1. The molecule has 18 heavy (non-hydrogen) atoms. The Balaban J connectivity index is 2.27. The lowest BCUT2D eigenvalue weighted by molar-refractivity contribution is 0.0996. The Bertz CT molecular complexity index is 476. The molecule has 0 radical (unpaired) electrons. The van der Waals surface area contributed by atoms with Gasteiger partial charge in [0.2, 0.25) is 0 Å². The quantitative estimate of drug-likeness (QED) is 0.871. The number of halogens is 2. The maximum absolute atomic E-state index is 13.6. The zero-order chi connectivity index (χ0) is 13.3. The first kappa shape index (κ1) is 12.8. The van der Waals surface area contributed by atoms with Crippen LogP contribution < -0.4 is 11.1 Å². The maximum atomic E-state index is 13.6. The van der Waals surface area contributed by atoms with Crippen LogP contribution >= 0.6 is 0 Å². The minimum atomic E-state index is -0.926. The molecule has 5 heteroatoms. The van der Waals surface area contributed by atoms with Crippen LogP contribution in [0.25, 0.3) is 0 Å². The van der Waals surface area contributed by atoms with Crippen molar-refractivity contribution < 1.29 is 13.6 Å². The van der Waals surface area contributed by atoms with E-state index in [1.54, 1.807) is 0 Å². The molecule has 1 aliphatic rings. The first-order valence-corrected chi connectivity index (χ1v) is 6.04. The van der Waals surface area contributed by atoms with Crippen molar-refractivity contribution in [2.75, 3.05) is 5.32 Å². The van der Waals surface area contributed by atoms with Crippen LogP contribution in [-0.4, -0.2) is 11.9 Å². The van der Waals surface area contributed by atoms with E-state index in [1.165, 1.54) is 0 Å². The van der Waals surface area contributed by atoms with E-state index in [0.29, 0.717) is 12.0 Å². The van der Waals surface area contributed by atoms with Gasteiger partial charge in [0.1, 0.15) is 11.6 Å². The van der Waals surface area contributed by atoms with Gasteiger partial charge in [-0.2, -0.15) is 0 Å². The molecule has 0 heterocycles. The average Bonchev–Trinajstić information content (AvgIpc) is 2.67. The molecule has 98 valence electrons. The fraction of sp³-hybridized carbons (Fsp3) is 0.462. The Morgan fingerprint density at radius 3 is 2.61 bits per heavy atom. The molecule has 1 amide bonds. The van der Waals surface area contributed by atoms with Gasteiger partial charge in [-0.3, -0.25) is 4.79 Å². The molecule has 3 N–H and O–H groups in total. The molecule has 0 spiro atoms. The second kappa shape index (κ2) is 4.92. The van der Waals surface area contributed by atoms with Gasteiger partial charge in [-0.05, 0) is 24.8 Å². The molecule has 0 bridgehead atoms. The normalized spacial score (nSPS) is 23.1. The van der Waals surface area contributed by atoms with Gasteiger partial charge in [0.15, 0.2) is 0 Å². The fourth-order valence-corrected chi connectivity index (χ4v) is 2.41. The van der Waals surface area contributed by atoms with Gasteiger partial charge < -0.3 is 11.1 Å². The number of primary amides is 1. The molecule has 0 saturated heterocycles. The summed E-state index contributed by atoms with van der Waals surface area (Å²) < 4.78 is 26.9. The fourth-order valence-electron chi connectivity index (χ4n) is 2.41. The van der Waals surface area contributed by atoms with Crippen molar-refractivity contribution >= 4 is 11.6 Å². The summed E-state index contributed by atoms with van der Waals surface area (Å²) in [6.45, 7) is 2.08. The van der Waals surface area contributed by atoms with Crippen LogP contribution in [0.2, 0.25) is 0 Å². The summed E-state index contributed by atoms with van der Waals surface area (Å²) in [6.07, 6.45) is 3.12. The van der Waals surface area contributed by atoms with E-state index in [4.69, 9.17) is 5.73 Å². The highest BCUT2D eigenvalue weighted by Crippen LogP contribution is 2.29. The Kier molecular flexibility index (Phi) is 3.50. The molecule has 1 fully saturated rings. The molecule has 1 aromatic carbocycles. The zero-order valence-electron chi connectivity index (χ0n) is 10.2. The van der Waals surface area contributed by atoms with Crippen molar-refractivity contribution in [2.24, 2.45) is 11.7 Å². The highest BCUT2D eigenvalue weighted by atomic mass is 19.1. The monoisotopic (exact) mass is 254 g/mol. The predicted octanol–water partition coefficient (Wildman–Crippen LogP) is 2.66. The van der Waals surface area contributed by atoms with Crippen molar-refractivity contribution in [1.29, 1.82) is 0 Å². The van der Waals surface area contributed by atoms with Crippen LogP contribution in [0.15, 0.2) is 12.1 Å². The third kappa shape index (κ3) is 2.44. The average molecular weight is 254 g/mol. The minimum Gasteiger partial charge on any atom is -0.380 e. The third-order valence-corrected chi connectivity index (χ3v) is 3.52. The lowest BCUT2D eigenvalue weighted by atomic mass is 10.1. The van der Waals surface area contributed by atoms with Crippen LogP contribution in [0.4, 0.5) is 14.5 Å². The number of hydrogen-bond donors (Lipinski definition) is 2. The van der Waals surface area contributed by atoms with Crippen LogP contribution in [0, 0.1) is 17.6 Å². The van der Waals surface area contributed by atoms with Gasteiger partial charge in [0, 0.05) is 12.1 Å².